The van der Waals surface area contributed by atoms with Crippen LogP contribution < -0.4 is 0 Å². The molecule has 0 fully saturated rings. The second-order valence-electron chi connectivity index (χ2n) is 3.93. The minimum absolute atomic E-state index is 0.0897. The third-order valence-electron chi connectivity index (χ3n) is 2.28. The van der Waals surface area contributed by atoms with E-state index in [0.717, 1.165) is 0 Å². The number of carbonyl (C=O) groups is 1. The summed E-state index contributed by atoms with van der Waals surface area (Å²) < 4.78 is 37.3. The first kappa shape index (κ1) is 20.3. The van der Waals surface area contributed by atoms with Gasteiger partial charge in [0.25, 0.3) is 0 Å². The van der Waals surface area contributed by atoms with Crippen LogP contribution in [0.15, 0.2) is 12.2 Å². The Morgan fingerprint density at radius 2 is 1.62 bits per heavy atom. The van der Waals surface area contributed by atoms with Crippen LogP contribution in [0.5, 0.6) is 0 Å². The Morgan fingerprint density at radius 3 is 2.14 bits per heavy atom. The van der Waals surface area contributed by atoms with Crippen LogP contribution in [0, 0.1) is 0 Å². The summed E-state index contributed by atoms with van der Waals surface area (Å²) in [6.45, 7) is 8.64. The molecule has 0 bridgehead atoms. The lowest BCUT2D eigenvalue weighted by molar-refractivity contribution is -0.136. The topological polar surface area (TPSA) is 80.3 Å². The van der Waals surface area contributed by atoms with E-state index in [1.807, 2.05) is 0 Å². The van der Waals surface area contributed by atoms with Crippen LogP contribution in [0.3, 0.4) is 0 Å². The van der Waals surface area contributed by atoms with Crippen LogP contribution in [-0.4, -0.2) is 58.9 Å². The van der Waals surface area contributed by atoms with Crippen LogP contribution >= 0.6 is 7.60 Å². The summed E-state index contributed by atoms with van der Waals surface area (Å²) in [5.41, 5.74) is 0.245. The lowest BCUT2D eigenvalue weighted by Crippen LogP contribution is -2.13. The quantitative estimate of drug-likeness (QED) is 0.222. The van der Waals surface area contributed by atoms with Gasteiger partial charge in [0.15, 0.2) is 0 Å². The minimum Gasteiger partial charge on any atom is -0.466 e. The number of ether oxygens (including phenoxy) is 3. The van der Waals surface area contributed by atoms with Crippen molar-refractivity contribution in [3.05, 3.63) is 12.2 Å². The normalized spacial score (nSPS) is 11.4. The summed E-state index contributed by atoms with van der Waals surface area (Å²) in [5.74, 6) is -0.495. The maximum atomic E-state index is 12.1. The highest BCUT2D eigenvalue weighted by molar-refractivity contribution is 7.53. The van der Waals surface area contributed by atoms with Gasteiger partial charge in [0.1, 0.15) is 0 Å². The molecule has 124 valence electrons. The van der Waals surface area contributed by atoms with E-state index in [2.05, 4.69) is 11.3 Å². The van der Waals surface area contributed by atoms with Gasteiger partial charge >= 0.3 is 13.6 Å². The van der Waals surface area contributed by atoms with Crippen LogP contribution in [0.2, 0.25) is 0 Å². The highest BCUT2D eigenvalue weighted by Gasteiger charge is 2.22. The maximum Gasteiger partial charge on any atom is 0.335 e. The molecule has 0 aliphatic rings. The number of methoxy groups -OCH3 is 1. The molecule has 0 spiro atoms. The smallest absolute Gasteiger partial charge is 0.335 e. The molecule has 0 aliphatic heterocycles. The molecule has 0 aromatic heterocycles. The van der Waals surface area contributed by atoms with E-state index in [-0.39, 0.29) is 24.9 Å². The molecule has 0 unspecified atom stereocenters. The fourth-order valence-corrected chi connectivity index (χ4v) is 2.83. The van der Waals surface area contributed by atoms with Crippen molar-refractivity contribution in [3.63, 3.8) is 0 Å². The van der Waals surface area contributed by atoms with Crippen molar-refractivity contribution in [1.82, 2.24) is 0 Å². The van der Waals surface area contributed by atoms with Crippen LogP contribution in [-0.2, 0) is 32.6 Å². The van der Waals surface area contributed by atoms with Gasteiger partial charge in [-0.1, -0.05) is 6.58 Å². The van der Waals surface area contributed by atoms with Gasteiger partial charge in [0.2, 0.25) is 0 Å². The number of esters is 1. The molecule has 0 radical (unpaired) electrons. The highest BCUT2D eigenvalue weighted by atomic mass is 31.2. The van der Waals surface area contributed by atoms with Crippen LogP contribution in [0.4, 0.5) is 0 Å². The molecular weight excluding hydrogens is 299 g/mol. The van der Waals surface area contributed by atoms with Gasteiger partial charge in [-0.25, -0.2) is 4.79 Å². The zero-order chi connectivity index (χ0) is 16.1. The average Bonchev–Trinajstić information content (AvgIpc) is 2.45. The van der Waals surface area contributed by atoms with E-state index < -0.39 is 13.6 Å². The molecule has 0 aromatic carbocycles. The molecule has 21 heavy (non-hydrogen) atoms. The Hall–Kier alpha value is -0.720. The van der Waals surface area contributed by atoms with Crippen molar-refractivity contribution in [3.8, 4) is 0 Å². The van der Waals surface area contributed by atoms with Crippen molar-refractivity contribution in [2.75, 3.05) is 52.9 Å². The minimum atomic E-state index is -3.05. The molecule has 0 aromatic rings. The van der Waals surface area contributed by atoms with E-state index in [1.165, 1.54) is 7.11 Å². The first-order chi connectivity index (χ1) is 9.99. The predicted molar refractivity (Wildman–Crippen MR) is 78.5 cm³/mol. The number of hydrogen-bond donors (Lipinski definition) is 0. The van der Waals surface area contributed by atoms with E-state index >= 15 is 0 Å². The average molecular weight is 324 g/mol. The lowest BCUT2D eigenvalue weighted by atomic mass is 10.3. The van der Waals surface area contributed by atoms with Crippen molar-refractivity contribution in [2.24, 2.45) is 0 Å². The van der Waals surface area contributed by atoms with Gasteiger partial charge in [0, 0.05) is 0 Å². The fourth-order valence-electron chi connectivity index (χ4n) is 1.35. The van der Waals surface area contributed by atoms with Crippen molar-refractivity contribution < 1.29 is 32.6 Å². The standard InChI is InChI=1S/C13H25O7P/c1-5-19-21(15,20-6-2)10-9-17-7-8-18-11-12(3)13(14)16-4/h3,5-11H2,1-2,4H3. The molecule has 0 saturated heterocycles. The van der Waals surface area contributed by atoms with E-state index in [0.29, 0.717) is 26.4 Å². The van der Waals surface area contributed by atoms with Crippen LogP contribution in [0.25, 0.3) is 0 Å². The largest absolute Gasteiger partial charge is 0.466 e. The Balaban J connectivity index is 3.69. The molecule has 0 saturated carbocycles. The molecule has 0 heterocycles. The van der Waals surface area contributed by atoms with Gasteiger partial charge in [0.05, 0.1) is 58.5 Å². The lowest BCUT2D eigenvalue weighted by Gasteiger charge is -2.16. The van der Waals surface area contributed by atoms with E-state index in [9.17, 15) is 9.36 Å². The summed E-state index contributed by atoms with van der Waals surface area (Å²) >= 11 is 0. The van der Waals surface area contributed by atoms with Gasteiger partial charge < -0.3 is 23.3 Å². The molecule has 7 nitrogen and oxygen atoms in total. The predicted octanol–water partition coefficient (Wildman–Crippen LogP) is 2.01. The first-order valence-electron chi connectivity index (χ1n) is 6.78. The van der Waals surface area contributed by atoms with Gasteiger partial charge in [-0.15, -0.1) is 0 Å². The molecule has 0 N–H and O–H groups in total. The molecule has 0 amide bonds. The Labute approximate surface area is 126 Å². The van der Waals surface area contributed by atoms with Crippen LogP contribution in [0.1, 0.15) is 13.8 Å². The Morgan fingerprint density at radius 1 is 1.05 bits per heavy atom. The number of carbonyl (C=O) groups excluding carboxylic acids is 1. The van der Waals surface area contributed by atoms with Crippen molar-refractivity contribution in [1.29, 1.82) is 0 Å². The molecule has 0 rings (SSSR count). The second-order valence-corrected chi connectivity index (χ2v) is 6.12. The van der Waals surface area contributed by atoms with Crippen molar-refractivity contribution >= 4 is 13.6 Å². The van der Waals surface area contributed by atoms with E-state index in [4.69, 9.17) is 18.5 Å². The monoisotopic (exact) mass is 324 g/mol. The highest BCUT2D eigenvalue weighted by Crippen LogP contribution is 2.47. The maximum absolute atomic E-state index is 12.1. The zero-order valence-electron chi connectivity index (χ0n) is 13.0. The summed E-state index contributed by atoms with van der Waals surface area (Å²) in [7, 11) is -1.77. The third kappa shape index (κ3) is 9.77. The van der Waals surface area contributed by atoms with Gasteiger partial charge in [-0.05, 0) is 13.8 Å². The summed E-state index contributed by atoms with van der Waals surface area (Å²) in [6, 6.07) is 0. The number of rotatable bonds is 13. The zero-order valence-corrected chi connectivity index (χ0v) is 13.9. The first-order valence-corrected chi connectivity index (χ1v) is 8.51. The third-order valence-corrected chi connectivity index (χ3v) is 4.32. The SMILES string of the molecule is C=C(COCCOCCP(=O)(OCC)OCC)C(=O)OC. The van der Waals surface area contributed by atoms with Gasteiger partial charge in [-0.2, -0.15) is 0 Å². The number of hydrogen-bond acceptors (Lipinski definition) is 7. The van der Waals surface area contributed by atoms with Crippen molar-refractivity contribution in [2.45, 2.75) is 13.8 Å². The molecule has 8 heteroatoms. The summed E-state index contributed by atoms with van der Waals surface area (Å²) in [5, 5.41) is 0. The van der Waals surface area contributed by atoms with E-state index in [1.54, 1.807) is 13.8 Å². The molecule has 0 atom stereocenters. The molecular formula is C13H25O7P. The summed E-state index contributed by atoms with van der Waals surface area (Å²) in [6.07, 6.45) is 0.198. The van der Waals surface area contributed by atoms with Gasteiger partial charge in [-0.3, -0.25) is 4.57 Å². The fraction of sp³-hybridized carbons (Fsp3) is 0.769. The Kier molecular flexibility index (Phi) is 11.5. The summed E-state index contributed by atoms with van der Waals surface area (Å²) in [4.78, 5) is 11.0. The Bertz CT molecular complexity index is 346. The second kappa shape index (κ2) is 11.9. The molecule has 0 aliphatic carbocycles.